The highest BCUT2D eigenvalue weighted by molar-refractivity contribution is 9.11. The summed E-state index contributed by atoms with van der Waals surface area (Å²) in [6.07, 6.45) is 0. The van der Waals surface area contributed by atoms with Gasteiger partial charge in [0.05, 0.1) is 5.92 Å². The largest absolute Gasteiger partial charge is 0.295 e. The monoisotopic (exact) mass is 423 g/mol. The molecule has 1 aliphatic heterocycles. The third kappa shape index (κ3) is 2.35. The van der Waals surface area contributed by atoms with Crippen LogP contribution >= 0.6 is 47.8 Å². The van der Waals surface area contributed by atoms with E-state index in [0.29, 0.717) is 0 Å². The third-order valence-electron chi connectivity index (χ3n) is 2.61. The van der Waals surface area contributed by atoms with Crippen LogP contribution in [0.2, 0.25) is 0 Å². The quantitative estimate of drug-likeness (QED) is 0.555. The highest BCUT2D eigenvalue weighted by atomic mass is 79.9. The van der Waals surface area contributed by atoms with Crippen molar-refractivity contribution in [3.8, 4) is 0 Å². The Labute approximate surface area is 124 Å². The van der Waals surface area contributed by atoms with E-state index in [9.17, 15) is 9.59 Å². The van der Waals surface area contributed by atoms with Crippen molar-refractivity contribution < 1.29 is 9.59 Å². The summed E-state index contributed by atoms with van der Waals surface area (Å²) in [5.74, 6) is -1.08. The number of hydrogen-bond acceptors (Lipinski definition) is 2. The van der Waals surface area contributed by atoms with Gasteiger partial charge in [-0.15, -0.1) is 0 Å². The maximum absolute atomic E-state index is 11.8. The van der Waals surface area contributed by atoms with Gasteiger partial charge in [0.1, 0.15) is 4.83 Å². The first-order chi connectivity index (χ1) is 7.91. The molecule has 2 amide bonds. The molecular formula is C11H8Br3NO2. The van der Waals surface area contributed by atoms with Gasteiger partial charge in [0, 0.05) is 8.95 Å². The van der Waals surface area contributed by atoms with Crippen molar-refractivity contribution in [1.29, 1.82) is 0 Å². The van der Waals surface area contributed by atoms with Crippen LogP contribution in [0, 0.1) is 6.92 Å². The molecule has 6 heteroatoms. The normalized spacial score (nSPS) is 24.0. The first-order valence-corrected chi connectivity index (χ1v) is 7.36. The van der Waals surface area contributed by atoms with E-state index in [0.717, 1.165) is 20.1 Å². The zero-order valence-electron chi connectivity index (χ0n) is 8.76. The number of nitrogens with one attached hydrogen (secondary N) is 1. The number of halogens is 3. The number of hydrogen-bond donors (Lipinski definition) is 1. The Morgan fingerprint density at radius 1 is 1.12 bits per heavy atom. The topological polar surface area (TPSA) is 46.2 Å². The summed E-state index contributed by atoms with van der Waals surface area (Å²) in [7, 11) is 0. The van der Waals surface area contributed by atoms with Gasteiger partial charge >= 0.3 is 0 Å². The predicted octanol–water partition coefficient (Wildman–Crippen LogP) is 3.02. The number of amides is 2. The molecule has 1 N–H and O–H groups in total. The van der Waals surface area contributed by atoms with E-state index in [4.69, 9.17) is 0 Å². The summed E-state index contributed by atoms with van der Waals surface area (Å²) in [4.78, 5) is 22.7. The predicted molar refractivity (Wildman–Crippen MR) is 75.2 cm³/mol. The second-order valence-electron chi connectivity index (χ2n) is 3.88. The number of alkyl halides is 1. The molecule has 0 aliphatic carbocycles. The Kier molecular flexibility index (Phi) is 3.75. The molecule has 1 aromatic carbocycles. The molecule has 1 aromatic rings. The van der Waals surface area contributed by atoms with Gasteiger partial charge in [-0.1, -0.05) is 47.8 Å². The van der Waals surface area contributed by atoms with Crippen molar-refractivity contribution in [1.82, 2.24) is 5.32 Å². The zero-order valence-corrected chi connectivity index (χ0v) is 13.5. The minimum absolute atomic E-state index is 0.276. The Bertz CT molecular complexity index is 492. The lowest BCUT2D eigenvalue weighted by molar-refractivity contribution is -0.125. The summed E-state index contributed by atoms with van der Waals surface area (Å²) in [5.41, 5.74) is 1.86. The molecule has 1 aliphatic rings. The zero-order chi connectivity index (χ0) is 12.7. The number of rotatable bonds is 1. The molecule has 1 fully saturated rings. The van der Waals surface area contributed by atoms with Crippen LogP contribution < -0.4 is 5.32 Å². The van der Waals surface area contributed by atoms with Crippen molar-refractivity contribution in [2.75, 3.05) is 0 Å². The van der Waals surface area contributed by atoms with Crippen molar-refractivity contribution in [3.63, 3.8) is 0 Å². The maximum atomic E-state index is 11.8. The molecule has 2 rings (SSSR count). The molecule has 1 heterocycles. The summed E-state index contributed by atoms with van der Waals surface area (Å²) < 4.78 is 1.65. The van der Waals surface area contributed by atoms with Crippen molar-refractivity contribution in [2.24, 2.45) is 0 Å². The van der Waals surface area contributed by atoms with Crippen LogP contribution in [0.1, 0.15) is 17.0 Å². The Balaban J connectivity index is 2.54. The van der Waals surface area contributed by atoms with Crippen molar-refractivity contribution in [2.45, 2.75) is 17.7 Å². The molecule has 2 atom stereocenters. The summed E-state index contributed by atoms with van der Waals surface area (Å²) >= 11 is 10.1. The van der Waals surface area contributed by atoms with Crippen LogP contribution in [-0.2, 0) is 9.59 Å². The Hall–Kier alpha value is -0.200. The smallest absolute Gasteiger partial charge is 0.241 e. The van der Waals surface area contributed by atoms with E-state index in [2.05, 4.69) is 53.1 Å². The van der Waals surface area contributed by atoms with Crippen LogP contribution in [0.5, 0.6) is 0 Å². The van der Waals surface area contributed by atoms with Crippen LogP contribution in [0.25, 0.3) is 0 Å². The minimum Gasteiger partial charge on any atom is -0.295 e. The van der Waals surface area contributed by atoms with Gasteiger partial charge in [-0.25, -0.2) is 0 Å². The molecule has 1 saturated heterocycles. The van der Waals surface area contributed by atoms with Gasteiger partial charge < -0.3 is 0 Å². The van der Waals surface area contributed by atoms with Crippen LogP contribution in [0.3, 0.4) is 0 Å². The van der Waals surface area contributed by atoms with Crippen LogP contribution in [0.4, 0.5) is 0 Å². The maximum Gasteiger partial charge on any atom is 0.241 e. The van der Waals surface area contributed by atoms with Crippen molar-refractivity contribution >= 4 is 59.6 Å². The number of carbonyl (C=O) groups is 2. The van der Waals surface area contributed by atoms with Gasteiger partial charge in [-0.2, -0.15) is 0 Å². The Morgan fingerprint density at radius 2 is 1.65 bits per heavy atom. The molecule has 0 aromatic heterocycles. The first-order valence-electron chi connectivity index (χ1n) is 4.86. The number of benzene rings is 1. The van der Waals surface area contributed by atoms with E-state index in [1.165, 1.54) is 0 Å². The fraction of sp³-hybridized carbons (Fsp3) is 0.273. The Morgan fingerprint density at radius 3 is 2.06 bits per heavy atom. The SMILES string of the molecule is Cc1cc(Br)c(C2C(=O)NC(=O)C2Br)c(Br)c1. The molecule has 0 radical (unpaired) electrons. The fourth-order valence-corrected chi connectivity index (χ4v) is 4.37. The summed E-state index contributed by atoms with van der Waals surface area (Å²) in [6, 6.07) is 3.85. The van der Waals surface area contributed by atoms with Gasteiger partial charge in [-0.3, -0.25) is 14.9 Å². The average Bonchev–Trinajstić information content (AvgIpc) is 2.43. The number of carbonyl (C=O) groups excluding carboxylic acids is 2. The second kappa shape index (κ2) is 4.82. The molecule has 90 valence electrons. The molecule has 0 saturated carbocycles. The molecular weight excluding hydrogens is 418 g/mol. The standard InChI is InChI=1S/C11H8Br3NO2/c1-4-2-5(12)7(6(13)3-4)8-9(14)11(17)15-10(8)16/h2-3,8-9H,1H3,(H,15,16,17). The molecule has 17 heavy (non-hydrogen) atoms. The van der Waals surface area contributed by atoms with Gasteiger partial charge in [-0.05, 0) is 30.2 Å². The van der Waals surface area contributed by atoms with E-state index >= 15 is 0 Å². The summed E-state index contributed by atoms with van der Waals surface area (Å²) in [5, 5.41) is 2.32. The lowest BCUT2D eigenvalue weighted by Gasteiger charge is -2.15. The van der Waals surface area contributed by atoms with E-state index in [1.807, 2.05) is 19.1 Å². The lowest BCUT2D eigenvalue weighted by Crippen LogP contribution is -2.22. The van der Waals surface area contributed by atoms with Gasteiger partial charge in [0.25, 0.3) is 0 Å². The van der Waals surface area contributed by atoms with Crippen LogP contribution in [-0.4, -0.2) is 16.6 Å². The van der Waals surface area contributed by atoms with E-state index in [-0.39, 0.29) is 11.8 Å². The lowest BCUT2D eigenvalue weighted by atomic mass is 9.96. The second-order valence-corrected chi connectivity index (χ2v) is 6.57. The van der Waals surface area contributed by atoms with Crippen LogP contribution in [0.15, 0.2) is 21.1 Å². The van der Waals surface area contributed by atoms with E-state index < -0.39 is 10.7 Å². The molecule has 0 bridgehead atoms. The van der Waals surface area contributed by atoms with Crippen molar-refractivity contribution in [3.05, 3.63) is 32.2 Å². The highest BCUT2D eigenvalue weighted by Crippen LogP contribution is 2.39. The molecule has 3 nitrogen and oxygen atoms in total. The van der Waals surface area contributed by atoms with E-state index in [1.54, 1.807) is 0 Å². The molecule has 0 spiro atoms. The average molecular weight is 426 g/mol. The first kappa shape index (κ1) is 13.2. The fourth-order valence-electron chi connectivity index (χ4n) is 1.84. The minimum atomic E-state index is -0.523. The van der Waals surface area contributed by atoms with Gasteiger partial charge in [0.15, 0.2) is 0 Å². The highest BCUT2D eigenvalue weighted by Gasteiger charge is 2.42. The third-order valence-corrected chi connectivity index (χ3v) is 4.86. The number of imide groups is 1. The van der Waals surface area contributed by atoms with Gasteiger partial charge in [0.2, 0.25) is 11.8 Å². The molecule has 2 unspecified atom stereocenters. The number of aryl methyl sites for hydroxylation is 1. The summed E-state index contributed by atoms with van der Waals surface area (Å²) in [6.45, 7) is 1.96.